The number of hydrogen-bond acceptors (Lipinski definition) is 3. The fourth-order valence-electron chi connectivity index (χ4n) is 4.47. The summed E-state index contributed by atoms with van der Waals surface area (Å²) < 4.78 is 7.10. The number of anilines is 1. The second-order valence-corrected chi connectivity index (χ2v) is 8.74. The van der Waals surface area contributed by atoms with Crippen molar-refractivity contribution in [1.29, 1.82) is 0 Å². The van der Waals surface area contributed by atoms with E-state index in [1.807, 2.05) is 49.4 Å². The smallest absolute Gasteiger partial charge is 0.193 e. The number of carbonyl (C=O) groups is 1. The number of ketones is 1. The summed E-state index contributed by atoms with van der Waals surface area (Å²) in [5, 5.41) is 3.48. The van der Waals surface area contributed by atoms with Crippen molar-refractivity contribution in [2.75, 3.05) is 11.9 Å². The number of halogens is 1. The first kappa shape index (κ1) is 19.1. The fraction of sp³-hybridized carbons (Fsp3) is 0.192. The molecule has 3 aromatic carbocycles. The van der Waals surface area contributed by atoms with Crippen LogP contribution in [-0.4, -0.2) is 12.3 Å². The Labute approximate surface area is 184 Å². The number of nitrogens with one attached hydrogen (secondary N) is 1. The molecule has 0 aliphatic carbocycles. The number of Topliss-reactive ketones (excluding diaryl/α,β-unsaturated/α-hetero) is 1. The van der Waals surface area contributed by atoms with Gasteiger partial charge in [0.1, 0.15) is 11.5 Å². The van der Waals surface area contributed by atoms with Crippen molar-refractivity contribution < 1.29 is 9.53 Å². The molecule has 2 aliphatic rings. The number of benzene rings is 3. The molecule has 0 spiro atoms. The zero-order chi connectivity index (χ0) is 20.7. The molecule has 3 aromatic rings. The third kappa shape index (κ3) is 3.35. The maximum atomic E-state index is 13.6. The molecule has 150 valence electrons. The minimum Gasteiger partial charge on any atom is -0.461 e. The summed E-state index contributed by atoms with van der Waals surface area (Å²) in [5.74, 6) is 1.31. The van der Waals surface area contributed by atoms with Crippen molar-refractivity contribution >= 4 is 27.4 Å². The second-order valence-electron chi connectivity index (χ2n) is 7.83. The van der Waals surface area contributed by atoms with E-state index in [9.17, 15) is 4.79 Å². The SMILES string of the molecule is CC1=C(C(=O)c2ccccc2)[C@H](c2ccc3c(c2)CCCN3)c2cc(Br)ccc2O1. The molecule has 0 amide bonds. The number of allylic oxidation sites excluding steroid dienone is 2. The third-order valence-electron chi connectivity index (χ3n) is 5.90. The predicted molar refractivity (Wildman–Crippen MR) is 123 cm³/mol. The van der Waals surface area contributed by atoms with Crippen molar-refractivity contribution in [3.63, 3.8) is 0 Å². The molecule has 1 N–H and O–H groups in total. The average Bonchev–Trinajstić information content (AvgIpc) is 2.78. The van der Waals surface area contributed by atoms with Gasteiger partial charge in [0.2, 0.25) is 0 Å². The highest BCUT2D eigenvalue weighted by Crippen LogP contribution is 2.46. The van der Waals surface area contributed by atoms with E-state index in [-0.39, 0.29) is 11.7 Å². The Morgan fingerprint density at radius 3 is 2.73 bits per heavy atom. The molecular formula is C26H22BrNO2. The van der Waals surface area contributed by atoms with Crippen LogP contribution in [0.1, 0.15) is 46.3 Å². The summed E-state index contributed by atoms with van der Waals surface area (Å²) in [6, 6.07) is 22.0. The van der Waals surface area contributed by atoms with Gasteiger partial charge in [0.25, 0.3) is 0 Å². The Morgan fingerprint density at radius 2 is 1.90 bits per heavy atom. The number of rotatable bonds is 3. The largest absolute Gasteiger partial charge is 0.461 e. The summed E-state index contributed by atoms with van der Waals surface area (Å²) in [5.41, 5.74) is 6.03. The quantitative estimate of drug-likeness (QED) is 0.454. The Morgan fingerprint density at radius 1 is 1.07 bits per heavy atom. The second kappa shape index (κ2) is 7.77. The monoisotopic (exact) mass is 459 g/mol. The topological polar surface area (TPSA) is 38.3 Å². The van der Waals surface area contributed by atoms with Gasteiger partial charge in [0, 0.05) is 33.7 Å². The maximum Gasteiger partial charge on any atom is 0.193 e. The summed E-state index contributed by atoms with van der Waals surface area (Å²) in [7, 11) is 0. The van der Waals surface area contributed by atoms with Crippen LogP contribution in [0.3, 0.4) is 0 Å². The van der Waals surface area contributed by atoms with Crippen LogP contribution in [0, 0.1) is 0 Å². The molecular weight excluding hydrogens is 438 g/mol. The van der Waals surface area contributed by atoms with Crippen LogP contribution in [0.25, 0.3) is 0 Å². The summed E-state index contributed by atoms with van der Waals surface area (Å²) >= 11 is 3.60. The van der Waals surface area contributed by atoms with Gasteiger partial charge in [-0.3, -0.25) is 4.79 Å². The van der Waals surface area contributed by atoms with E-state index in [1.165, 1.54) is 11.3 Å². The van der Waals surface area contributed by atoms with E-state index in [0.29, 0.717) is 16.9 Å². The van der Waals surface area contributed by atoms with Gasteiger partial charge in [-0.2, -0.15) is 0 Å². The Hall–Kier alpha value is -2.85. The van der Waals surface area contributed by atoms with Crippen LogP contribution in [0.15, 0.2) is 82.5 Å². The molecule has 0 saturated heterocycles. The maximum absolute atomic E-state index is 13.6. The Kier molecular flexibility index (Phi) is 4.95. The molecule has 4 heteroatoms. The van der Waals surface area contributed by atoms with Crippen molar-refractivity contribution in [2.24, 2.45) is 0 Å². The van der Waals surface area contributed by atoms with Crippen LogP contribution in [0.4, 0.5) is 5.69 Å². The molecule has 2 heterocycles. The molecule has 0 unspecified atom stereocenters. The van der Waals surface area contributed by atoms with Crippen LogP contribution in [0.5, 0.6) is 5.75 Å². The molecule has 0 aromatic heterocycles. The van der Waals surface area contributed by atoms with Crippen molar-refractivity contribution in [3.05, 3.63) is 105 Å². The number of carbonyl (C=O) groups excluding carboxylic acids is 1. The zero-order valence-electron chi connectivity index (χ0n) is 16.7. The lowest BCUT2D eigenvalue weighted by Crippen LogP contribution is -2.22. The molecule has 30 heavy (non-hydrogen) atoms. The lowest BCUT2D eigenvalue weighted by atomic mass is 9.78. The third-order valence-corrected chi connectivity index (χ3v) is 6.39. The van der Waals surface area contributed by atoms with Gasteiger partial charge in [0.05, 0.1) is 5.57 Å². The van der Waals surface area contributed by atoms with Gasteiger partial charge < -0.3 is 10.1 Å². The van der Waals surface area contributed by atoms with E-state index in [4.69, 9.17) is 4.74 Å². The number of aryl methyl sites for hydroxylation is 1. The van der Waals surface area contributed by atoms with E-state index in [2.05, 4.69) is 45.5 Å². The molecule has 0 fully saturated rings. The van der Waals surface area contributed by atoms with Crippen LogP contribution in [-0.2, 0) is 6.42 Å². The fourth-order valence-corrected chi connectivity index (χ4v) is 4.85. The minimum absolute atomic E-state index is 0.0135. The average molecular weight is 460 g/mol. The molecule has 0 radical (unpaired) electrons. The molecule has 2 aliphatic heterocycles. The van der Waals surface area contributed by atoms with E-state index >= 15 is 0 Å². The molecule has 5 rings (SSSR count). The van der Waals surface area contributed by atoms with Gasteiger partial charge in [0.15, 0.2) is 5.78 Å². The van der Waals surface area contributed by atoms with Gasteiger partial charge in [-0.1, -0.05) is 58.4 Å². The lowest BCUT2D eigenvalue weighted by Gasteiger charge is -2.30. The van der Waals surface area contributed by atoms with Crippen LogP contribution in [0.2, 0.25) is 0 Å². The van der Waals surface area contributed by atoms with E-state index < -0.39 is 0 Å². The predicted octanol–water partition coefficient (Wildman–Crippen LogP) is 6.49. The minimum atomic E-state index is -0.175. The normalized spacial score (nSPS) is 17.5. The molecule has 0 saturated carbocycles. The van der Waals surface area contributed by atoms with Gasteiger partial charge in [-0.05, 0) is 55.2 Å². The zero-order valence-corrected chi connectivity index (χ0v) is 18.3. The first-order valence-corrected chi connectivity index (χ1v) is 11.1. The van der Waals surface area contributed by atoms with E-state index in [1.54, 1.807) is 0 Å². The standard InChI is InChI=1S/C26H22BrNO2/c1-16-24(26(29)17-6-3-2-4-7-17)25(21-15-20(27)10-12-23(21)30-16)19-9-11-22-18(14-19)8-5-13-28-22/h2-4,6-7,9-12,14-15,25,28H,5,8,13H2,1H3/t25-/m1/s1. The summed E-state index contributed by atoms with van der Waals surface area (Å²) in [4.78, 5) is 13.6. The highest BCUT2D eigenvalue weighted by molar-refractivity contribution is 9.10. The molecule has 3 nitrogen and oxygen atoms in total. The summed E-state index contributed by atoms with van der Waals surface area (Å²) in [6.07, 6.45) is 2.17. The van der Waals surface area contributed by atoms with E-state index in [0.717, 1.165) is 40.7 Å². The number of hydrogen-bond donors (Lipinski definition) is 1. The molecule has 1 atom stereocenters. The highest BCUT2D eigenvalue weighted by atomic mass is 79.9. The first-order valence-electron chi connectivity index (χ1n) is 10.3. The Bertz CT molecular complexity index is 1170. The van der Waals surface area contributed by atoms with Gasteiger partial charge in [-0.25, -0.2) is 0 Å². The van der Waals surface area contributed by atoms with Gasteiger partial charge in [-0.15, -0.1) is 0 Å². The van der Waals surface area contributed by atoms with Crippen molar-refractivity contribution in [3.8, 4) is 5.75 Å². The first-order chi connectivity index (χ1) is 14.6. The number of ether oxygens (including phenoxy) is 1. The highest BCUT2D eigenvalue weighted by Gasteiger charge is 2.34. The Balaban J connectivity index is 1.69. The van der Waals surface area contributed by atoms with Gasteiger partial charge >= 0.3 is 0 Å². The van der Waals surface area contributed by atoms with Crippen molar-refractivity contribution in [1.82, 2.24) is 0 Å². The van der Waals surface area contributed by atoms with Crippen LogP contribution < -0.4 is 10.1 Å². The lowest BCUT2D eigenvalue weighted by molar-refractivity contribution is 0.102. The summed E-state index contributed by atoms with van der Waals surface area (Å²) in [6.45, 7) is 2.91. The molecule has 0 bridgehead atoms. The number of fused-ring (bicyclic) bond motifs is 2. The van der Waals surface area contributed by atoms with Crippen molar-refractivity contribution in [2.45, 2.75) is 25.7 Å². The van der Waals surface area contributed by atoms with Crippen LogP contribution >= 0.6 is 15.9 Å².